The third-order valence-electron chi connectivity index (χ3n) is 4.03. The van der Waals surface area contributed by atoms with Crippen molar-refractivity contribution in [1.29, 1.82) is 0 Å². The zero-order valence-electron chi connectivity index (χ0n) is 15.3. The molecular formula is C18H28ClIN4O2. The lowest BCUT2D eigenvalue weighted by molar-refractivity contribution is 0.0955. The van der Waals surface area contributed by atoms with Gasteiger partial charge in [0.25, 0.3) is 5.91 Å². The maximum Gasteiger partial charge on any atom is 0.252 e. The second-order valence-electron chi connectivity index (χ2n) is 6.08. The van der Waals surface area contributed by atoms with Crippen LogP contribution in [0.4, 0.5) is 0 Å². The molecule has 2 N–H and O–H groups in total. The summed E-state index contributed by atoms with van der Waals surface area (Å²) in [6.07, 6.45) is 1.09. The van der Waals surface area contributed by atoms with Crippen LogP contribution in [0.5, 0.6) is 0 Å². The lowest BCUT2D eigenvalue weighted by atomic mass is 10.1. The molecule has 1 aliphatic rings. The Hall–Kier alpha value is -1.06. The first-order valence-corrected chi connectivity index (χ1v) is 9.09. The van der Waals surface area contributed by atoms with E-state index >= 15 is 0 Å². The van der Waals surface area contributed by atoms with Gasteiger partial charge in [0.2, 0.25) is 0 Å². The fraction of sp³-hybridized carbons (Fsp3) is 0.556. The number of nitrogens with zero attached hydrogens (tertiary/aromatic N) is 2. The Morgan fingerprint density at radius 3 is 2.81 bits per heavy atom. The molecule has 1 unspecified atom stereocenters. The van der Waals surface area contributed by atoms with E-state index in [1.54, 1.807) is 24.3 Å². The second kappa shape index (κ2) is 12.3. The average Bonchev–Trinajstić information content (AvgIpc) is 3.10. The number of ether oxygens (including phenoxy) is 1. The number of rotatable bonds is 7. The molecule has 1 heterocycles. The van der Waals surface area contributed by atoms with Crippen molar-refractivity contribution >= 4 is 47.4 Å². The Bertz CT molecular complexity index is 594. The van der Waals surface area contributed by atoms with E-state index in [1.807, 2.05) is 14.0 Å². The number of aliphatic imine (C=N–C) groups is 1. The van der Waals surface area contributed by atoms with Crippen LogP contribution in [0.15, 0.2) is 29.3 Å². The molecule has 8 heteroatoms. The Morgan fingerprint density at radius 2 is 2.15 bits per heavy atom. The topological polar surface area (TPSA) is 66.0 Å². The summed E-state index contributed by atoms with van der Waals surface area (Å²) >= 11 is 6.03. The standard InChI is InChI=1S/C18H27ClN4O2.HI/c1-3-20-18(23(2)12-14-8-11-25-13-14)22-10-9-21-17(24)15-6-4-5-7-16(15)19;/h4-7,14H,3,8-13H2,1-2H3,(H,20,22)(H,21,24);1H. The van der Waals surface area contributed by atoms with Gasteiger partial charge in [-0.15, -0.1) is 24.0 Å². The smallest absolute Gasteiger partial charge is 0.252 e. The lowest BCUT2D eigenvalue weighted by Crippen LogP contribution is -2.42. The molecule has 6 nitrogen and oxygen atoms in total. The SMILES string of the molecule is CCNC(=NCCNC(=O)c1ccccc1Cl)N(C)CC1CCOC1.I. The van der Waals surface area contributed by atoms with Crippen LogP contribution in [-0.4, -0.2) is 63.2 Å². The number of benzene rings is 1. The van der Waals surface area contributed by atoms with Gasteiger partial charge in [-0.1, -0.05) is 23.7 Å². The Kier molecular flexibility index (Phi) is 10.9. The van der Waals surface area contributed by atoms with Gasteiger partial charge in [0.1, 0.15) is 0 Å². The minimum Gasteiger partial charge on any atom is -0.381 e. The Balaban J connectivity index is 0.00000338. The first kappa shape index (κ1) is 23.0. The number of halogens is 2. The quantitative estimate of drug-likeness (QED) is 0.265. The van der Waals surface area contributed by atoms with E-state index in [1.165, 1.54) is 0 Å². The third kappa shape index (κ3) is 7.28. The summed E-state index contributed by atoms with van der Waals surface area (Å²) in [6.45, 7) is 6.39. The van der Waals surface area contributed by atoms with Crippen LogP contribution in [0.2, 0.25) is 5.02 Å². The maximum atomic E-state index is 12.1. The zero-order valence-corrected chi connectivity index (χ0v) is 18.4. The number of guanidine groups is 1. The summed E-state index contributed by atoms with van der Waals surface area (Å²) < 4.78 is 5.43. The van der Waals surface area contributed by atoms with Gasteiger partial charge in [-0.3, -0.25) is 9.79 Å². The molecule has 1 fully saturated rings. The molecule has 2 rings (SSSR count). The summed E-state index contributed by atoms with van der Waals surface area (Å²) in [5, 5.41) is 6.59. The Morgan fingerprint density at radius 1 is 1.38 bits per heavy atom. The van der Waals surface area contributed by atoms with E-state index in [0.717, 1.165) is 38.7 Å². The minimum absolute atomic E-state index is 0. The predicted octanol–water partition coefficient (Wildman–Crippen LogP) is 2.62. The van der Waals surface area contributed by atoms with Crippen molar-refractivity contribution in [1.82, 2.24) is 15.5 Å². The largest absolute Gasteiger partial charge is 0.381 e. The van der Waals surface area contributed by atoms with E-state index in [4.69, 9.17) is 16.3 Å². The van der Waals surface area contributed by atoms with Crippen molar-refractivity contribution in [2.45, 2.75) is 13.3 Å². The van der Waals surface area contributed by atoms with Crippen molar-refractivity contribution < 1.29 is 9.53 Å². The van der Waals surface area contributed by atoms with Crippen LogP contribution in [0.3, 0.4) is 0 Å². The second-order valence-corrected chi connectivity index (χ2v) is 6.49. The van der Waals surface area contributed by atoms with Crippen LogP contribution in [0.25, 0.3) is 0 Å². The van der Waals surface area contributed by atoms with Crippen molar-refractivity contribution in [3.05, 3.63) is 34.9 Å². The highest BCUT2D eigenvalue weighted by Gasteiger charge is 2.19. The maximum absolute atomic E-state index is 12.1. The van der Waals surface area contributed by atoms with Gasteiger partial charge in [0.05, 0.1) is 23.7 Å². The number of carbonyl (C=O) groups is 1. The molecule has 26 heavy (non-hydrogen) atoms. The first-order valence-electron chi connectivity index (χ1n) is 8.71. The van der Waals surface area contributed by atoms with Crippen molar-refractivity contribution in [2.75, 3.05) is 46.4 Å². The van der Waals surface area contributed by atoms with E-state index in [-0.39, 0.29) is 29.9 Å². The first-order chi connectivity index (χ1) is 12.1. The fourth-order valence-electron chi connectivity index (χ4n) is 2.74. The number of hydrogen-bond donors (Lipinski definition) is 2. The molecule has 146 valence electrons. The van der Waals surface area contributed by atoms with E-state index in [2.05, 4.69) is 20.5 Å². The van der Waals surface area contributed by atoms with Gasteiger partial charge in [0, 0.05) is 39.2 Å². The molecule has 0 saturated carbocycles. The molecule has 0 aliphatic carbocycles. The lowest BCUT2D eigenvalue weighted by Gasteiger charge is -2.24. The van der Waals surface area contributed by atoms with E-state index < -0.39 is 0 Å². The molecule has 0 spiro atoms. The van der Waals surface area contributed by atoms with E-state index in [9.17, 15) is 4.79 Å². The van der Waals surface area contributed by atoms with E-state index in [0.29, 0.717) is 29.6 Å². The normalized spacial score (nSPS) is 16.7. The number of nitrogens with one attached hydrogen (secondary N) is 2. The van der Waals surface area contributed by atoms with Crippen molar-refractivity contribution in [3.63, 3.8) is 0 Å². The van der Waals surface area contributed by atoms with Gasteiger partial charge in [-0.2, -0.15) is 0 Å². The number of hydrogen-bond acceptors (Lipinski definition) is 3. The summed E-state index contributed by atoms with van der Waals surface area (Å²) in [6, 6.07) is 7.02. The van der Waals surface area contributed by atoms with Gasteiger partial charge >= 0.3 is 0 Å². The van der Waals surface area contributed by atoms with Crippen LogP contribution >= 0.6 is 35.6 Å². The van der Waals surface area contributed by atoms with Crippen LogP contribution in [-0.2, 0) is 4.74 Å². The van der Waals surface area contributed by atoms with Crippen LogP contribution in [0, 0.1) is 5.92 Å². The zero-order chi connectivity index (χ0) is 18.1. The predicted molar refractivity (Wildman–Crippen MR) is 117 cm³/mol. The molecule has 1 aromatic carbocycles. The molecule has 1 amide bonds. The molecular weight excluding hydrogens is 467 g/mol. The number of carbonyl (C=O) groups excluding carboxylic acids is 1. The molecule has 1 aromatic rings. The van der Waals surface area contributed by atoms with Crippen LogP contribution in [0.1, 0.15) is 23.7 Å². The van der Waals surface area contributed by atoms with Gasteiger partial charge in [-0.05, 0) is 25.5 Å². The fourth-order valence-corrected chi connectivity index (χ4v) is 2.96. The molecule has 0 bridgehead atoms. The minimum atomic E-state index is -0.178. The van der Waals surface area contributed by atoms with Crippen LogP contribution < -0.4 is 10.6 Å². The molecule has 1 saturated heterocycles. The molecule has 1 atom stereocenters. The summed E-state index contributed by atoms with van der Waals surface area (Å²) in [5.41, 5.74) is 0.485. The highest BCUT2D eigenvalue weighted by molar-refractivity contribution is 14.0. The van der Waals surface area contributed by atoms with Gasteiger partial charge in [-0.25, -0.2) is 0 Å². The van der Waals surface area contributed by atoms with Gasteiger partial charge in [0.15, 0.2) is 5.96 Å². The van der Waals surface area contributed by atoms with Crippen molar-refractivity contribution in [2.24, 2.45) is 10.9 Å². The highest BCUT2D eigenvalue weighted by atomic mass is 127. The molecule has 1 aliphatic heterocycles. The molecule has 0 radical (unpaired) electrons. The monoisotopic (exact) mass is 494 g/mol. The third-order valence-corrected chi connectivity index (χ3v) is 4.36. The van der Waals surface area contributed by atoms with Gasteiger partial charge < -0.3 is 20.3 Å². The van der Waals surface area contributed by atoms with Crippen molar-refractivity contribution in [3.8, 4) is 0 Å². The number of amides is 1. The summed E-state index contributed by atoms with van der Waals surface area (Å²) in [4.78, 5) is 18.8. The molecule has 0 aromatic heterocycles. The average molecular weight is 495 g/mol. The highest BCUT2D eigenvalue weighted by Crippen LogP contribution is 2.14. The Labute approximate surface area is 177 Å². The summed E-state index contributed by atoms with van der Waals surface area (Å²) in [7, 11) is 2.03. The summed E-state index contributed by atoms with van der Waals surface area (Å²) in [5.74, 6) is 1.22.